The van der Waals surface area contributed by atoms with E-state index in [0.29, 0.717) is 19.8 Å². The van der Waals surface area contributed by atoms with E-state index in [1.54, 1.807) is 0 Å². The summed E-state index contributed by atoms with van der Waals surface area (Å²) in [6.07, 6.45) is 5.74. The van der Waals surface area contributed by atoms with Crippen LogP contribution < -0.4 is 0 Å². The molecule has 0 spiro atoms. The Morgan fingerprint density at radius 2 is 1.79 bits per heavy atom. The molecule has 0 aliphatic carbocycles. The van der Waals surface area contributed by atoms with Gasteiger partial charge < -0.3 is 0 Å². The second-order valence-electron chi connectivity index (χ2n) is 3.36. The predicted molar refractivity (Wildman–Crippen MR) is 54.2 cm³/mol. The third-order valence-electron chi connectivity index (χ3n) is 2.08. The van der Waals surface area contributed by atoms with E-state index in [2.05, 4.69) is 6.92 Å². The zero-order chi connectivity index (χ0) is 10.3. The molecule has 1 saturated heterocycles. The van der Waals surface area contributed by atoms with Crippen molar-refractivity contribution in [3.05, 3.63) is 0 Å². The molecule has 0 bridgehead atoms. The molecule has 0 aromatic heterocycles. The average Bonchev–Trinajstić information content (AvgIpc) is 2.59. The average molecular weight is 222 g/mol. The van der Waals surface area contributed by atoms with Crippen LogP contribution in [0.3, 0.4) is 0 Å². The molecule has 1 aliphatic rings. The number of phosphoric ester groups is 1. The minimum absolute atomic E-state index is 0.382. The van der Waals surface area contributed by atoms with Gasteiger partial charge in [0.15, 0.2) is 0 Å². The Balaban J connectivity index is 1.95. The Morgan fingerprint density at radius 1 is 1.14 bits per heavy atom. The van der Waals surface area contributed by atoms with E-state index in [-0.39, 0.29) is 0 Å². The maximum Gasteiger partial charge on any atom is 0.474 e. The molecule has 1 rings (SSSR count). The minimum atomic E-state index is -3.13. The van der Waals surface area contributed by atoms with Crippen molar-refractivity contribution in [3.63, 3.8) is 0 Å². The summed E-state index contributed by atoms with van der Waals surface area (Å²) in [5.41, 5.74) is 0. The molecule has 0 amide bonds. The molecule has 84 valence electrons. The van der Waals surface area contributed by atoms with Gasteiger partial charge in [0.2, 0.25) is 0 Å². The van der Waals surface area contributed by atoms with Crippen molar-refractivity contribution < 1.29 is 18.1 Å². The topological polar surface area (TPSA) is 44.8 Å². The van der Waals surface area contributed by atoms with E-state index < -0.39 is 7.82 Å². The molecule has 0 atom stereocenters. The van der Waals surface area contributed by atoms with E-state index in [1.165, 1.54) is 19.3 Å². The van der Waals surface area contributed by atoms with Crippen LogP contribution in [-0.2, 0) is 18.1 Å². The van der Waals surface area contributed by atoms with Crippen LogP contribution in [0.15, 0.2) is 0 Å². The van der Waals surface area contributed by atoms with Crippen LogP contribution in [0.25, 0.3) is 0 Å². The molecule has 1 fully saturated rings. The molecule has 1 heterocycles. The fraction of sp³-hybridized carbons (Fsp3) is 1.00. The van der Waals surface area contributed by atoms with Crippen molar-refractivity contribution in [2.24, 2.45) is 0 Å². The Bertz CT molecular complexity index is 185. The molecule has 5 heteroatoms. The largest absolute Gasteiger partial charge is 0.474 e. The standard InChI is InChI=1S/C9H19O4P/c1-2-3-4-5-6-7-11-14(10)12-8-9-13-14/h2-9H2,1H3. The summed E-state index contributed by atoms with van der Waals surface area (Å²) in [5.74, 6) is 0. The van der Waals surface area contributed by atoms with Gasteiger partial charge in [-0.25, -0.2) is 4.57 Å². The second kappa shape index (κ2) is 6.57. The minimum Gasteiger partial charge on any atom is -0.287 e. The molecular weight excluding hydrogens is 203 g/mol. The fourth-order valence-electron chi connectivity index (χ4n) is 1.29. The fourth-order valence-corrected chi connectivity index (χ4v) is 2.46. The predicted octanol–water partition coefficient (Wildman–Crippen LogP) is 3.13. The molecule has 4 nitrogen and oxygen atoms in total. The van der Waals surface area contributed by atoms with Crippen LogP contribution in [0.2, 0.25) is 0 Å². The van der Waals surface area contributed by atoms with Crippen LogP contribution in [-0.4, -0.2) is 19.8 Å². The van der Waals surface area contributed by atoms with Crippen molar-refractivity contribution in [2.45, 2.75) is 39.0 Å². The van der Waals surface area contributed by atoms with Crippen LogP contribution >= 0.6 is 7.82 Å². The quantitative estimate of drug-likeness (QED) is 0.490. The molecule has 0 aromatic carbocycles. The van der Waals surface area contributed by atoms with Crippen LogP contribution in [0, 0.1) is 0 Å². The van der Waals surface area contributed by atoms with E-state index in [0.717, 1.165) is 12.8 Å². The van der Waals surface area contributed by atoms with Crippen LogP contribution in [0.5, 0.6) is 0 Å². The van der Waals surface area contributed by atoms with Crippen molar-refractivity contribution in [2.75, 3.05) is 19.8 Å². The Labute approximate surface area is 85.5 Å². The lowest BCUT2D eigenvalue weighted by Gasteiger charge is -2.08. The first-order chi connectivity index (χ1) is 6.77. The summed E-state index contributed by atoms with van der Waals surface area (Å²) in [4.78, 5) is 0. The van der Waals surface area contributed by atoms with Gasteiger partial charge in [0, 0.05) is 0 Å². The van der Waals surface area contributed by atoms with Gasteiger partial charge in [-0.05, 0) is 6.42 Å². The molecule has 0 saturated carbocycles. The van der Waals surface area contributed by atoms with E-state index in [1.807, 2.05) is 0 Å². The van der Waals surface area contributed by atoms with Crippen molar-refractivity contribution in [3.8, 4) is 0 Å². The van der Waals surface area contributed by atoms with Gasteiger partial charge in [-0.3, -0.25) is 13.6 Å². The number of unbranched alkanes of at least 4 members (excludes halogenated alkanes) is 4. The smallest absolute Gasteiger partial charge is 0.287 e. The number of hydrogen-bond acceptors (Lipinski definition) is 4. The van der Waals surface area contributed by atoms with Crippen molar-refractivity contribution >= 4 is 7.82 Å². The first-order valence-electron chi connectivity index (χ1n) is 5.30. The molecule has 1 aliphatic heterocycles. The second-order valence-corrected chi connectivity index (χ2v) is 5.03. The maximum atomic E-state index is 11.4. The lowest BCUT2D eigenvalue weighted by Crippen LogP contribution is -1.93. The van der Waals surface area contributed by atoms with Crippen molar-refractivity contribution in [1.82, 2.24) is 0 Å². The zero-order valence-corrected chi connectivity index (χ0v) is 9.63. The van der Waals surface area contributed by atoms with Gasteiger partial charge >= 0.3 is 7.82 Å². The van der Waals surface area contributed by atoms with Gasteiger partial charge in [0.1, 0.15) is 0 Å². The third-order valence-corrected chi connectivity index (χ3v) is 3.58. The Hall–Kier alpha value is 0.110. The van der Waals surface area contributed by atoms with E-state index in [4.69, 9.17) is 13.6 Å². The van der Waals surface area contributed by atoms with Crippen molar-refractivity contribution in [1.29, 1.82) is 0 Å². The SMILES string of the molecule is CCCCCCCOP1(=O)OCCO1. The number of hydrogen-bond donors (Lipinski definition) is 0. The number of phosphoric acid groups is 1. The van der Waals surface area contributed by atoms with Gasteiger partial charge in [-0.15, -0.1) is 0 Å². The molecule has 0 N–H and O–H groups in total. The summed E-state index contributed by atoms with van der Waals surface area (Å²) in [6, 6.07) is 0. The van der Waals surface area contributed by atoms with Gasteiger partial charge in [0.25, 0.3) is 0 Å². The molecular formula is C9H19O4P. The zero-order valence-electron chi connectivity index (χ0n) is 8.74. The highest BCUT2D eigenvalue weighted by Crippen LogP contribution is 2.52. The molecule has 0 unspecified atom stereocenters. The summed E-state index contributed by atoms with van der Waals surface area (Å²) in [7, 11) is -3.13. The monoisotopic (exact) mass is 222 g/mol. The highest BCUT2D eigenvalue weighted by molar-refractivity contribution is 7.48. The summed E-state index contributed by atoms with van der Waals surface area (Å²) >= 11 is 0. The Kier molecular flexibility index (Phi) is 5.71. The molecule has 0 aromatic rings. The molecule has 14 heavy (non-hydrogen) atoms. The third kappa shape index (κ3) is 4.56. The van der Waals surface area contributed by atoms with Crippen LogP contribution in [0.4, 0.5) is 0 Å². The van der Waals surface area contributed by atoms with Gasteiger partial charge in [-0.2, -0.15) is 0 Å². The highest BCUT2D eigenvalue weighted by Gasteiger charge is 2.31. The van der Waals surface area contributed by atoms with Crippen LogP contribution in [0.1, 0.15) is 39.0 Å². The lowest BCUT2D eigenvalue weighted by atomic mass is 10.2. The molecule has 0 radical (unpaired) electrons. The summed E-state index contributed by atoms with van der Waals surface area (Å²) in [6.45, 7) is 3.41. The van der Waals surface area contributed by atoms with E-state index in [9.17, 15) is 4.57 Å². The number of rotatable bonds is 7. The first-order valence-corrected chi connectivity index (χ1v) is 6.76. The highest BCUT2D eigenvalue weighted by atomic mass is 31.2. The lowest BCUT2D eigenvalue weighted by molar-refractivity contribution is 0.187. The van der Waals surface area contributed by atoms with E-state index >= 15 is 0 Å². The summed E-state index contributed by atoms with van der Waals surface area (Å²) in [5, 5.41) is 0. The Morgan fingerprint density at radius 3 is 2.43 bits per heavy atom. The first kappa shape index (κ1) is 12.2. The van der Waals surface area contributed by atoms with Gasteiger partial charge in [0.05, 0.1) is 19.8 Å². The normalized spacial score (nSPS) is 20.1. The maximum absolute atomic E-state index is 11.4. The van der Waals surface area contributed by atoms with Gasteiger partial charge in [-0.1, -0.05) is 32.6 Å². The summed E-state index contributed by atoms with van der Waals surface area (Å²) < 4.78 is 26.3.